The van der Waals surface area contributed by atoms with Gasteiger partial charge in [-0.1, -0.05) is 42.8 Å². The Morgan fingerprint density at radius 2 is 1.69 bits per heavy atom. The molecule has 7 rings (SSSR count). The minimum atomic E-state index is -0.986. The molecule has 4 N–H and O–H groups in total. The minimum Gasteiger partial charge on any atom is -0.436 e. The van der Waals surface area contributed by atoms with E-state index < -0.39 is 12.2 Å². The molecule has 4 aromatic rings. The maximum Gasteiger partial charge on any atom is 0.410 e. The maximum atomic E-state index is 14.1. The highest BCUT2D eigenvalue weighted by Gasteiger charge is 2.36. The zero-order valence-electron chi connectivity index (χ0n) is 28.1. The van der Waals surface area contributed by atoms with E-state index in [1.54, 1.807) is 21.7 Å². The van der Waals surface area contributed by atoms with Crippen LogP contribution in [-0.4, -0.2) is 81.7 Å². The number of nitrogens with two attached hydrogens (primary N) is 1. The number of carbonyl (C=O) groups is 2. The van der Waals surface area contributed by atoms with Crippen molar-refractivity contribution in [3.8, 4) is 0 Å². The Bertz CT molecular complexity index is 1880. The highest BCUT2D eigenvalue weighted by atomic mass is 35.5. The fourth-order valence-corrected chi connectivity index (χ4v) is 8.50. The average molecular weight is 688 g/mol. The first kappa shape index (κ1) is 33.4. The summed E-state index contributed by atoms with van der Waals surface area (Å²) in [6.45, 7) is 6.28. The van der Waals surface area contributed by atoms with Crippen molar-refractivity contribution in [3.63, 3.8) is 0 Å². The van der Waals surface area contributed by atoms with Crippen LogP contribution in [0, 0.1) is 11.8 Å². The number of halogens is 1. The second-order valence-corrected chi connectivity index (χ2v) is 14.3. The number of aromatic nitrogens is 3. The fourth-order valence-electron chi connectivity index (χ4n) is 8.24. The topological polar surface area (TPSA) is 139 Å². The molecule has 0 saturated carbocycles. The normalized spacial score (nSPS) is 19.1. The lowest BCUT2D eigenvalue weighted by atomic mass is 9.79. The SMILES string of the molecule is CCc1cc(C[C@@H](OC(=O)N2CCC(n3c(=O)[nH]c4c5ccccc5ncc43)CC2)C(=O)N2CCC(C3CCNCC3)CC2)cc(Cl)c1N. The van der Waals surface area contributed by atoms with Crippen LogP contribution in [0.3, 0.4) is 0 Å². The van der Waals surface area contributed by atoms with Crippen LogP contribution in [0.5, 0.6) is 0 Å². The summed E-state index contributed by atoms with van der Waals surface area (Å²) in [7, 11) is 0. The van der Waals surface area contributed by atoms with Crippen LogP contribution in [0.2, 0.25) is 5.02 Å². The van der Waals surface area contributed by atoms with Crippen LogP contribution in [0.4, 0.5) is 10.5 Å². The molecule has 0 aliphatic carbocycles. The van der Waals surface area contributed by atoms with Crippen molar-refractivity contribution in [1.82, 2.24) is 29.7 Å². The van der Waals surface area contributed by atoms with E-state index in [9.17, 15) is 14.4 Å². The summed E-state index contributed by atoms with van der Waals surface area (Å²) >= 11 is 6.49. The zero-order chi connectivity index (χ0) is 34.1. The van der Waals surface area contributed by atoms with Gasteiger partial charge in [0.25, 0.3) is 5.91 Å². The van der Waals surface area contributed by atoms with Gasteiger partial charge in [0.1, 0.15) is 0 Å². The second kappa shape index (κ2) is 14.4. The van der Waals surface area contributed by atoms with Gasteiger partial charge in [-0.15, -0.1) is 0 Å². The number of aryl methyl sites for hydroxylation is 1. The number of para-hydroxylation sites is 1. The lowest BCUT2D eigenvalue weighted by molar-refractivity contribution is -0.142. The van der Waals surface area contributed by atoms with E-state index >= 15 is 0 Å². The Kier molecular flexibility index (Phi) is 9.82. The van der Waals surface area contributed by atoms with Gasteiger partial charge in [0.05, 0.1) is 33.5 Å². The molecular formula is C37H46ClN7O4. The maximum absolute atomic E-state index is 14.1. The molecule has 3 saturated heterocycles. The number of imidazole rings is 1. The van der Waals surface area contributed by atoms with Gasteiger partial charge < -0.3 is 30.6 Å². The van der Waals surface area contributed by atoms with Crippen LogP contribution in [-0.2, 0) is 22.4 Å². The van der Waals surface area contributed by atoms with Crippen molar-refractivity contribution in [2.45, 2.75) is 70.4 Å². The summed E-state index contributed by atoms with van der Waals surface area (Å²) in [5, 5.41) is 4.79. The van der Waals surface area contributed by atoms with Gasteiger partial charge in [-0.25, -0.2) is 9.59 Å². The number of H-pyrrole nitrogens is 1. The smallest absolute Gasteiger partial charge is 0.410 e. The number of nitrogens with zero attached hydrogens (tertiary/aromatic N) is 4. The van der Waals surface area contributed by atoms with Crippen LogP contribution in [0.1, 0.15) is 62.6 Å². The highest BCUT2D eigenvalue weighted by molar-refractivity contribution is 6.33. The van der Waals surface area contributed by atoms with E-state index in [1.165, 1.54) is 12.8 Å². The summed E-state index contributed by atoms with van der Waals surface area (Å²) in [5.41, 5.74) is 10.6. The van der Waals surface area contributed by atoms with Crippen molar-refractivity contribution in [2.24, 2.45) is 11.8 Å². The summed E-state index contributed by atoms with van der Waals surface area (Å²) in [6.07, 6.45) is 6.62. The van der Waals surface area contributed by atoms with Gasteiger partial charge in [-0.2, -0.15) is 0 Å². The van der Waals surface area contributed by atoms with E-state index in [0.29, 0.717) is 68.0 Å². The van der Waals surface area contributed by atoms with Gasteiger partial charge in [0, 0.05) is 44.0 Å². The van der Waals surface area contributed by atoms with Gasteiger partial charge in [0.15, 0.2) is 6.10 Å². The number of hydrogen-bond donors (Lipinski definition) is 3. The van der Waals surface area contributed by atoms with Crippen molar-refractivity contribution < 1.29 is 14.3 Å². The molecule has 0 spiro atoms. The molecule has 0 unspecified atom stereocenters. The molecule has 11 nitrogen and oxygen atoms in total. The minimum absolute atomic E-state index is 0.101. The Morgan fingerprint density at radius 3 is 2.43 bits per heavy atom. The number of carbonyl (C=O) groups excluding carboxylic acids is 2. The molecule has 12 heteroatoms. The van der Waals surface area contributed by atoms with Crippen molar-refractivity contribution in [3.05, 3.63) is 69.2 Å². The molecule has 2 aromatic carbocycles. The molecular weight excluding hydrogens is 642 g/mol. The Labute approximate surface area is 291 Å². The first-order valence-electron chi connectivity index (χ1n) is 17.8. The molecule has 0 radical (unpaired) electrons. The lowest BCUT2D eigenvalue weighted by Crippen LogP contribution is -2.49. The number of ether oxygens (including phenoxy) is 1. The van der Waals surface area contributed by atoms with Crippen molar-refractivity contribution in [1.29, 1.82) is 0 Å². The third kappa shape index (κ3) is 6.88. The number of hydrogen-bond acceptors (Lipinski definition) is 7. The number of fused-ring (bicyclic) bond motifs is 3. The predicted octanol–water partition coefficient (Wildman–Crippen LogP) is 5.30. The molecule has 49 heavy (non-hydrogen) atoms. The number of pyridine rings is 1. The summed E-state index contributed by atoms with van der Waals surface area (Å²) in [5.74, 6) is 1.16. The number of likely N-dealkylation sites (tertiary alicyclic amines) is 2. The molecule has 5 heterocycles. The lowest BCUT2D eigenvalue weighted by Gasteiger charge is -2.39. The number of nitrogen functional groups attached to an aromatic ring is 1. The largest absolute Gasteiger partial charge is 0.436 e. The van der Waals surface area contributed by atoms with E-state index in [0.717, 1.165) is 59.0 Å². The third-order valence-corrected chi connectivity index (χ3v) is 11.4. The number of piperidine rings is 3. The van der Waals surface area contributed by atoms with Crippen LogP contribution in [0.25, 0.3) is 21.9 Å². The second-order valence-electron chi connectivity index (χ2n) is 13.9. The Morgan fingerprint density at radius 1 is 1.00 bits per heavy atom. The van der Waals surface area contributed by atoms with Gasteiger partial charge >= 0.3 is 11.8 Å². The molecule has 2 amide bonds. The van der Waals surface area contributed by atoms with Crippen molar-refractivity contribution >= 4 is 51.2 Å². The van der Waals surface area contributed by atoms with E-state index in [-0.39, 0.29) is 24.1 Å². The Hall–Kier alpha value is -4.09. The fraction of sp³-hybridized carbons (Fsp3) is 0.514. The predicted molar refractivity (Wildman–Crippen MR) is 192 cm³/mol. The molecule has 3 fully saturated rings. The van der Waals surface area contributed by atoms with Gasteiger partial charge in [-0.3, -0.25) is 14.3 Å². The molecule has 0 bridgehead atoms. The average Bonchev–Trinajstić information content (AvgIpc) is 3.49. The number of amides is 2. The number of nitrogens with one attached hydrogen (secondary N) is 2. The number of rotatable bonds is 7. The Balaban J connectivity index is 1.05. The monoisotopic (exact) mass is 687 g/mol. The first-order chi connectivity index (χ1) is 23.8. The quantitative estimate of drug-likeness (QED) is 0.224. The number of aromatic amines is 1. The van der Waals surface area contributed by atoms with Crippen LogP contribution in [0.15, 0.2) is 47.4 Å². The van der Waals surface area contributed by atoms with E-state index in [4.69, 9.17) is 22.1 Å². The van der Waals surface area contributed by atoms with E-state index in [1.807, 2.05) is 42.2 Å². The molecule has 3 aliphatic heterocycles. The molecule has 3 aliphatic rings. The first-order valence-corrected chi connectivity index (χ1v) is 18.2. The zero-order valence-corrected chi connectivity index (χ0v) is 28.9. The van der Waals surface area contributed by atoms with E-state index in [2.05, 4.69) is 15.3 Å². The van der Waals surface area contributed by atoms with Crippen LogP contribution < -0.4 is 16.7 Å². The molecule has 2 aromatic heterocycles. The molecule has 260 valence electrons. The standard InChI is InChI=1S/C37H46ClN7O4/c1-2-24-19-23(20-29(38)33(24)39)21-32(35(46)43-15-9-26(10-16-43)25-7-13-40-14-8-25)49-37(48)44-17-11-27(12-18-44)45-31-22-41-30-6-4-3-5-28(30)34(31)42-36(45)47/h3-6,19-20,22,25-27,32,40H,2,7-18,21,39H2,1H3,(H,42,47)/t32-/m1/s1. The summed E-state index contributed by atoms with van der Waals surface area (Å²) in [6, 6.07) is 11.4. The highest BCUT2D eigenvalue weighted by Crippen LogP contribution is 2.33. The molecule has 1 atom stereocenters. The number of benzene rings is 2. The van der Waals surface area contributed by atoms with Crippen LogP contribution >= 0.6 is 11.6 Å². The summed E-state index contributed by atoms with van der Waals surface area (Å²) in [4.78, 5) is 52.1. The summed E-state index contributed by atoms with van der Waals surface area (Å²) < 4.78 is 7.86. The van der Waals surface area contributed by atoms with Gasteiger partial charge in [-0.05, 0) is 93.1 Å². The third-order valence-electron chi connectivity index (χ3n) is 11.1. The van der Waals surface area contributed by atoms with Crippen molar-refractivity contribution in [2.75, 3.05) is 45.0 Å². The number of anilines is 1. The van der Waals surface area contributed by atoms with Gasteiger partial charge in [0.2, 0.25) is 0 Å².